The van der Waals surface area contributed by atoms with Gasteiger partial charge in [0.2, 0.25) is 0 Å². The Balaban J connectivity index is 1.50. The Bertz CT molecular complexity index is 701. The van der Waals surface area contributed by atoms with Gasteiger partial charge in [0.05, 0.1) is 24.8 Å². The van der Waals surface area contributed by atoms with E-state index < -0.39 is 0 Å². The van der Waals surface area contributed by atoms with Gasteiger partial charge < -0.3 is 10.1 Å². The molecule has 0 aromatic carbocycles. The predicted molar refractivity (Wildman–Crippen MR) is 99.8 cm³/mol. The van der Waals surface area contributed by atoms with Gasteiger partial charge in [0.1, 0.15) is 0 Å². The zero-order valence-corrected chi connectivity index (χ0v) is 15.2. The molecule has 2 aliphatic rings. The maximum atomic E-state index is 5.53. The molecule has 0 spiro atoms. The number of pyridine rings is 1. The van der Waals surface area contributed by atoms with Crippen molar-refractivity contribution >= 4 is 16.7 Å². The molecule has 25 heavy (non-hydrogen) atoms. The number of hydrogen-bond donors (Lipinski definition) is 1. The fourth-order valence-corrected chi connectivity index (χ4v) is 4.41. The minimum absolute atomic E-state index is 0.368. The summed E-state index contributed by atoms with van der Waals surface area (Å²) in [7, 11) is 1.94. The normalized spacial score (nSPS) is 21.5. The van der Waals surface area contributed by atoms with Crippen molar-refractivity contribution in [3.8, 4) is 0 Å². The summed E-state index contributed by atoms with van der Waals surface area (Å²) in [6.07, 6.45) is 10.5. The molecule has 6 heteroatoms. The quantitative estimate of drug-likeness (QED) is 0.904. The predicted octanol–water partition coefficient (Wildman–Crippen LogP) is 2.66. The Morgan fingerprint density at radius 3 is 2.80 bits per heavy atom. The molecular weight excluding hydrogens is 314 g/mol. The van der Waals surface area contributed by atoms with Crippen molar-refractivity contribution in [3.05, 3.63) is 18.5 Å². The van der Waals surface area contributed by atoms with Gasteiger partial charge in [-0.15, -0.1) is 0 Å². The van der Waals surface area contributed by atoms with Crippen molar-refractivity contribution in [2.75, 3.05) is 44.7 Å². The molecule has 0 bridgehead atoms. The van der Waals surface area contributed by atoms with Gasteiger partial charge in [-0.2, -0.15) is 5.10 Å². The van der Waals surface area contributed by atoms with E-state index in [2.05, 4.69) is 26.4 Å². The summed E-state index contributed by atoms with van der Waals surface area (Å²) in [6.45, 7) is 6.12. The third-order valence-electron chi connectivity index (χ3n) is 5.87. The Morgan fingerprint density at radius 1 is 1.20 bits per heavy atom. The molecule has 1 saturated carbocycles. The highest BCUT2D eigenvalue weighted by Gasteiger charge is 2.34. The van der Waals surface area contributed by atoms with Crippen molar-refractivity contribution < 1.29 is 4.74 Å². The first-order valence-corrected chi connectivity index (χ1v) is 9.57. The molecule has 0 amide bonds. The van der Waals surface area contributed by atoms with Crippen LogP contribution in [0, 0.1) is 5.41 Å². The van der Waals surface area contributed by atoms with Crippen molar-refractivity contribution in [2.45, 2.75) is 32.1 Å². The highest BCUT2D eigenvalue weighted by atomic mass is 16.5. The average Bonchev–Trinajstić information content (AvgIpc) is 3.04. The van der Waals surface area contributed by atoms with Gasteiger partial charge >= 0.3 is 0 Å². The van der Waals surface area contributed by atoms with Gasteiger partial charge in [0.25, 0.3) is 0 Å². The topological polar surface area (TPSA) is 55.2 Å². The van der Waals surface area contributed by atoms with E-state index in [1.807, 2.05) is 24.1 Å². The zero-order valence-electron chi connectivity index (χ0n) is 15.2. The van der Waals surface area contributed by atoms with Crippen LogP contribution in [0.15, 0.2) is 18.5 Å². The van der Waals surface area contributed by atoms with Gasteiger partial charge in [-0.1, -0.05) is 19.3 Å². The first kappa shape index (κ1) is 16.8. The number of ether oxygens (including phenoxy) is 1. The molecule has 1 aliphatic carbocycles. The molecule has 0 radical (unpaired) electrons. The molecular formula is C19H29N5O. The van der Waals surface area contributed by atoms with Gasteiger partial charge in [0.15, 0.2) is 5.65 Å². The molecule has 1 N–H and O–H groups in total. The fraction of sp³-hybridized carbons (Fsp3) is 0.684. The second-order valence-electron chi connectivity index (χ2n) is 7.67. The monoisotopic (exact) mass is 343 g/mol. The van der Waals surface area contributed by atoms with Crippen molar-refractivity contribution in [3.63, 3.8) is 0 Å². The molecule has 0 atom stereocenters. The Hall–Kier alpha value is -1.66. The Kier molecular flexibility index (Phi) is 4.90. The van der Waals surface area contributed by atoms with E-state index in [-0.39, 0.29) is 0 Å². The van der Waals surface area contributed by atoms with Crippen molar-refractivity contribution in [2.24, 2.45) is 12.5 Å². The van der Waals surface area contributed by atoms with Crippen LogP contribution in [-0.2, 0) is 11.8 Å². The maximum absolute atomic E-state index is 5.53. The summed E-state index contributed by atoms with van der Waals surface area (Å²) < 4.78 is 7.37. The van der Waals surface area contributed by atoms with Crippen LogP contribution < -0.4 is 5.32 Å². The van der Waals surface area contributed by atoms with E-state index in [1.54, 1.807) is 0 Å². The van der Waals surface area contributed by atoms with Gasteiger partial charge in [-0.3, -0.25) is 9.58 Å². The molecule has 4 rings (SSSR count). The van der Waals surface area contributed by atoms with Crippen LogP contribution in [0.1, 0.15) is 32.1 Å². The minimum atomic E-state index is 0.368. The van der Waals surface area contributed by atoms with E-state index >= 15 is 0 Å². The fourth-order valence-electron chi connectivity index (χ4n) is 4.41. The maximum Gasteiger partial charge on any atom is 0.159 e. The number of rotatable bonds is 5. The number of nitrogens with one attached hydrogen (secondary N) is 1. The van der Waals surface area contributed by atoms with Gasteiger partial charge in [-0.05, 0) is 18.9 Å². The molecule has 1 aliphatic heterocycles. The molecule has 3 heterocycles. The van der Waals surface area contributed by atoms with E-state index in [4.69, 9.17) is 4.74 Å². The largest absolute Gasteiger partial charge is 0.384 e. The van der Waals surface area contributed by atoms with E-state index in [9.17, 15) is 0 Å². The second-order valence-corrected chi connectivity index (χ2v) is 7.67. The van der Waals surface area contributed by atoms with Crippen LogP contribution in [0.5, 0.6) is 0 Å². The molecule has 2 aromatic rings. The summed E-state index contributed by atoms with van der Waals surface area (Å²) in [4.78, 5) is 7.05. The lowest BCUT2D eigenvalue weighted by atomic mass is 9.73. The Labute approximate surface area is 149 Å². The van der Waals surface area contributed by atoms with Crippen LogP contribution in [0.2, 0.25) is 0 Å². The zero-order chi connectivity index (χ0) is 17.1. The summed E-state index contributed by atoms with van der Waals surface area (Å²) >= 11 is 0. The van der Waals surface area contributed by atoms with Crippen molar-refractivity contribution in [1.29, 1.82) is 0 Å². The second kappa shape index (κ2) is 7.30. The third-order valence-corrected chi connectivity index (χ3v) is 5.87. The molecule has 136 valence electrons. The van der Waals surface area contributed by atoms with Crippen LogP contribution in [0.4, 0.5) is 5.69 Å². The summed E-state index contributed by atoms with van der Waals surface area (Å²) in [6, 6.07) is 2.08. The molecule has 0 unspecified atom stereocenters. The molecule has 2 aromatic heterocycles. The standard InChI is InChI=1S/C19H29N5O/c1-23-18-16(13-22-23)17(5-8-20-18)21-14-19(6-3-2-4-7-19)15-24-9-11-25-12-10-24/h5,8,13H,2-4,6-7,9-12,14-15H2,1H3,(H,20,21). The first-order chi connectivity index (χ1) is 12.3. The highest BCUT2D eigenvalue weighted by molar-refractivity contribution is 5.88. The van der Waals surface area contributed by atoms with Gasteiger partial charge in [0, 0.05) is 50.5 Å². The number of aryl methyl sites for hydroxylation is 1. The third kappa shape index (κ3) is 3.65. The number of hydrogen-bond acceptors (Lipinski definition) is 5. The average molecular weight is 343 g/mol. The first-order valence-electron chi connectivity index (χ1n) is 9.57. The lowest BCUT2D eigenvalue weighted by molar-refractivity contribution is 0.0103. The van der Waals surface area contributed by atoms with Crippen LogP contribution in [-0.4, -0.2) is 59.1 Å². The number of anilines is 1. The SMILES string of the molecule is Cn1ncc2c(NCC3(CN4CCOCC4)CCCCC3)ccnc21. The number of morpholine rings is 1. The number of aromatic nitrogens is 3. The lowest BCUT2D eigenvalue weighted by Gasteiger charge is -2.42. The minimum Gasteiger partial charge on any atom is -0.384 e. The van der Waals surface area contributed by atoms with Crippen LogP contribution >= 0.6 is 0 Å². The van der Waals surface area contributed by atoms with E-state index in [0.717, 1.165) is 49.6 Å². The smallest absolute Gasteiger partial charge is 0.159 e. The molecule has 1 saturated heterocycles. The van der Waals surface area contributed by atoms with E-state index in [0.29, 0.717) is 5.41 Å². The number of nitrogens with zero attached hydrogens (tertiary/aromatic N) is 4. The molecule has 6 nitrogen and oxygen atoms in total. The lowest BCUT2D eigenvalue weighted by Crippen LogP contribution is -2.47. The summed E-state index contributed by atoms with van der Waals surface area (Å²) in [5.41, 5.74) is 2.47. The number of fused-ring (bicyclic) bond motifs is 1. The van der Waals surface area contributed by atoms with Crippen LogP contribution in [0.25, 0.3) is 11.0 Å². The van der Waals surface area contributed by atoms with Crippen LogP contribution in [0.3, 0.4) is 0 Å². The molecule has 2 fully saturated rings. The summed E-state index contributed by atoms with van der Waals surface area (Å²) in [5.74, 6) is 0. The highest BCUT2D eigenvalue weighted by Crippen LogP contribution is 2.38. The van der Waals surface area contributed by atoms with E-state index in [1.165, 1.54) is 38.6 Å². The summed E-state index contributed by atoms with van der Waals surface area (Å²) in [5, 5.41) is 9.22. The van der Waals surface area contributed by atoms with Gasteiger partial charge in [-0.25, -0.2) is 4.98 Å². The van der Waals surface area contributed by atoms with Crippen molar-refractivity contribution in [1.82, 2.24) is 19.7 Å². The Morgan fingerprint density at radius 2 is 2.00 bits per heavy atom.